The number of thioether (sulfide) groups is 2. The number of hydrogen-bond acceptors (Lipinski definition) is 6. The zero-order valence-corrected chi connectivity index (χ0v) is 15.9. The van der Waals surface area contributed by atoms with Crippen LogP contribution in [0.5, 0.6) is 11.5 Å². The van der Waals surface area contributed by atoms with E-state index in [0.29, 0.717) is 17.7 Å². The van der Waals surface area contributed by atoms with Gasteiger partial charge in [0.15, 0.2) is 11.5 Å². The molecule has 25 heavy (non-hydrogen) atoms. The molecule has 0 saturated carbocycles. The van der Waals surface area contributed by atoms with Crippen LogP contribution in [-0.4, -0.2) is 51.7 Å². The van der Waals surface area contributed by atoms with Crippen molar-refractivity contribution in [3.63, 3.8) is 0 Å². The van der Waals surface area contributed by atoms with Crippen molar-refractivity contribution < 1.29 is 14.6 Å². The average molecular weight is 376 g/mol. The van der Waals surface area contributed by atoms with Gasteiger partial charge in [-0.1, -0.05) is 41.7 Å². The van der Waals surface area contributed by atoms with Gasteiger partial charge in [0, 0.05) is 33.4 Å². The van der Waals surface area contributed by atoms with Crippen LogP contribution >= 0.6 is 23.5 Å². The van der Waals surface area contributed by atoms with Crippen molar-refractivity contribution >= 4 is 28.0 Å². The van der Waals surface area contributed by atoms with Crippen molar-refractivity contribution in [3.05, 3.63) is 35.4 Å². The summed E-state index contributed by atoms with van der Waals surface area (Å²) in [7, 11) is 3.80. The highest BCUT2D eigenvalue weighted by molar-refractivity contribution is 8.41. The van der Waals surface area contributed by atoms with Crippen molar-refractivity contribution in [1.29, 1.82) is 0 Å². The van der Waals surface area contributed by atoms with E-state index in [-0.39, 0.29) is 26.1 Å². The number of carbonyl (C=O) groups excluding carboxylic acids is 1. The van der Waals surface area contributed by atoms with Gasteiger partial charge in [0.05, 0.1) is 7.11 Å². The molecule has 2 saturated heterocycles. The number of phenolic OH excluding ortho intramolecular Hbond substituents is 1. The number of methoxy groups -OCH3 is 1. The molecule has 4 nitrogen and oxygen atoms in total. The van der Waals surface area contributed by atoms with Crippen LogP contribution in [0.2, 0.25) is 0 Å². The quantitative estimate of drug-likeness (QED) is 0.759. The summed E-state index contributed by atoms with van der Waals surface area (Å²) in [4.78, 5) is 14.6. The van der Waals surface area contributed by atoms with Gasteiger partial charge in [-0.15, -0.1) is 0 Å². The molecule has 1 N–H and O–H groups in total. The second-order valence-electron chi connectivity index (χ2n) is 7.49. The van der Waals surface area contributed by atoms with Crippen LogP contribution in [0.25, 0.3) is 0 Å². The molecule has 2 aliphatic carbocycles. The number of nitrogens with zero attached hydrogens (tertiary/aromatic N) is 1. The number of carbonyl (C=O) groups is 1. The van der Waals surface area contributed by atoms with Crippen LogP contribution < -0.4 is 4.74 Å². The topological polar surface area (TPSA) is 49.8 Å². The van der Waals surface area contributed by atoms with E-state index in [4.69, 9.17) is 4.74 Å². The molecular formula is C19H21NO3S2. The number of piperidine rings is 1. The maximum atomic E-state index is 12.1. The first kappa shape index (κ1) is 16.1. The number of rotatable bonds is 1. The fraction of sp³-hybridized carbons (Fsp3) is 0.526. The number of allylic oxidation sites excluding steroid dienone is 1. The smallest absolute Gasteiger partial charge is 0.246 e. The Labute approximate surface area is 156 Å². The third-order valence-electron chi connectivity index (χ3n) is 6.52. The summed E-state index contributed by atoms with van der Waals surface area (Å²) in [6, 6.07) is 4.39. The normalized spacial score (nSPS) is 38.9. The predicted molar refractivity (Wildman–Crippen MR) is 102 cm³/mol. The van der Waals surface area contributed by atoms with E-state index in [2.05, 4.69) is 30.2 Å². The van der Waals surface area contributed by atoms with Gasteiger partial charge in [-0.3, -0.25) is 4.79 Å². The molecule has 1 aromatic rings. The Morgan fingerprint density at radius 3 is 3.00 bits per heavy atom. The lowest BCUT2D eigenvalue weighted by atomic mass is 9.54. The van der Waals surface area contributed by atoms with Crippen molar-refractivity contribution in [3.8, 4) is 11.5 Å². The van der Waals surface area contributed by atoms with E-state index >= 15 is 0 Å². The van der Waals surface area contributed by atoms with Crippen molar-refractivity contribution in [2.45, 2.75) is 34.8 Å². The molecule has 6 heteroatoms. The van der Waals surface area contributed by atoms with Gasteiger partial charge in [0.1, 0.15) is 0 Å². The van der Waals surface area contributed by atoms with E-state index in [1.54, 1.807) is 7.11 Å². The minimum Gasteiger partial charge on any atom is -0.504 e. The van der Waals surface area contributed by atoms with Gasteiger partial charge in [0.2, 0.25) is 4.45 Å². The van der Waals surface area contributed by atoms with Crippen LogP contribution in [0, 0.1) is 5.92 Å². The summed E-state index contributed by atoms with van der Waals surface area (Å²) in [6.45, 7) is 1.00. The van der Waals surface area contributed by atoms with E-state index in [1.165, 1.54) is 29.1 Å². The third kappa shape index (κ3) is 2.04. The van der Waals surface area contributed by atoms with Crippen molar-refractivity contribution in [1.82, 2.24) is 4.90 Å². The van der Waals surface area contributed by atoms with Gasteiger partial charge in [-0.05, 0) is 38.1 Å². The molecule has 2 heterocycles. The maximum absolute atomic E-state index is 12.1. The molecule has 2 aliphatic heterocycles. The second kappa shape index (κ2) is 5.44. The Kier molecular flexibility index (Phi) is 3.50. The minimum absolute atomic E-state index is 0.192. The molecular weight excluding hydrogens is 354 g/mol. The Balaban J connectivity index is 1.75. The molecule has 1 aromatic carbocycles. The molecule has 0 unspecified atom stereocenters. The molecule has 4 aliphatic rings. The highest BCUT2D eigenvalue weighted by atomic mass is 32.2. The number of phenols is 1. The fourth-order valence-electron chi connectivity index (χ4n) is 5.45. The standard InChI is InChI=1S/C19H21NO3S2/c1-20-8-7-19-6-5-13-17(25-18(22)24-13)15(19)11(20)9-10-3-4-12(23-2)16(21)14(10)19/h3-6,11,13,15,17,21H,7-9H2,1-2H3/t11-,13-,15-,17-,19+/m1/s1. The number of benzene rings is 1. The van der Waals surface area contributed by atoms with Crippen LogP contribution in [0.4, 0.5) is 4.79 Å². The number of likely N-dealkylation sites (tertiary alicyclic amines) is 1. The van der Waals surface area contributed by atoms with Gasteiger partial charge >= 0.3 is 0 Å². The molecule has 5 rings (SSSR count). The maximum Gasteiger partial charge on any atom is 0.246 e. The van der Waals surface area contributed by atoms with E-state index < -0.39 is 0 Å². The predicted octanol–water partition coefficient (Wildman–Crippen LogP) is 3.42. The van der Waals surface area contributed by atoms with E-state index in [9.17, 15) is 9.90 Å². The minimum atomic E-state index is -0.192. The third-order valence-corrected chi connectivity index (χ3v) is 9.24. The lowest BCUT2D eigenvalue weighted by Gasteiger charge is -2.58. The van der Waals surface area contributed by atoms with Gasteiger partial charge < -0.3 is 14.7 Å². The molecule has 132 valence electrons. The van der Waals surface area contributed by atoms with Gasteiger partial charge in [-0.2, -0.15) is 0 Å². The van der Waals surface area contributed by atoms with Crippen molar-refractivity contribution in [2.75, 3.05) is 20.7 Å². The van der Waals surface area contributed by atoms with Crippen LogP contribution in [0.15, 0.2) is 24.3 Å². The number of aromatic hydroxyl groups is 1. The lowest BCUT2D eigenvalue weighted by Crippen LogP contribution is -2.63. The first-order valence-corrected chi connectivity index (χ1v) is 10.5. The summed E-state index contributed by atoms with van der Waals surface area (Å²) >= 11 is 2.98. The summed E-state index contributed by atoms with van der Waals surface area (Å²) in [5, 5.41) is 11.5. The highest BCUT2D eigenvalue weighted by Gasteiger charge is 2.60. The zero-order chi connectivity index (χ0) is 17.3. The first-order valence-electron chi connectivity index (χ1n) is 8.71. The number of ether oxygens (including phenoxy) is 1. The SMILES string of the molecule is COc1ccc2c(c1O)[C@@]13C=C[C@H]4SC(=O)S[C@H]4[C@H]1[C@@H](C2)N(C)CC3. The zero-order valence-electron chi connectivity index (χ0n) is 14.3. The highest BCUT2D eigenvalue weighted by Crippen LogP contribution is 2.62. The second-order valence-corrected chi connectivity index (χ2v) is 10.1. The summed E-state index contributed by atoms with van der Waals surface area (Å²) in [5.74, 6) is 1.18. The van der Waals surface area contributed by atoms with Crippen LogP contribution in [-0.2, 0) is 11.8 Å². The van der Waals surface area contributed by atoms with Gasteiger partial charge in [0.25, 0.3) is 0 Å². The van der Waals surface area contributed by atoms with Crippen LogP contribution in [0.1, 0.15) is 17.5 Å². The molecule has 2 fully saturated rings. The number of likely N-dealkylation sites (N-methyl/N-ethyl adjacent to an activating group) is 1. The fourth-order valence-corrected chi connectivity index (χ4v) is 8.37. The summed E-state index contributed by atoms with van der Waals surface area (Å²) in [6.07, 6.45) is 6.42. The van der Waals surface area contributed by atoms with Crippen LogP contribution in [0.3, 0.4) is 0 Å². The molecule has 0 radical (unpaired) electrons. The summed E-state index contributed by atoms with van der Waals surface area (Å²) in [5.41, 5.74) is 2.07. The number of fused-ring (bicyclic) bond motifs is 2. The summed E-state index contributed by atoms with van der Waals surface area (Å²) < 4.78 is 5.64. The average Bonchev–Trinajstić information content (AvgIpc) is 2.98. The molecule has 5 atom stereocenters. The van der Waals surface area contributed by atoms with E-state index in [0.717, 1.165) is 24.9 Å². The molecule has 2 bridgehead atoms. The molecule has 0 aromatic heterocycles. The van der Waals surface area contributed by atoms with E-state index in [1.807, 2.05) is 6.07 Å². The van der Waals surface area contributed by atoms with Crippen molar-refractivity contribution in [2.24, 2.45) is 5.92 Å². The molecule has 0 spiro atoms. The number of hydrogen-bond donors (Lipinski definition) is 1. The Hall–Kier alpha value is -1.11. The monoisotopic (exact) mass is 375 g/mol. The Morgan fingerprint density at radius 1 is 1.36 bits per heavy atom. The Morgan fingerprint density at radius 2 is 2.20 bits per heavy atom. The first-order chi connectivity index (χ1) is 12.0. The lowest BCUT2D eigenvalue weighted by molar-refractivity contribution is 0.0487. The molecule has 0 amide bonds. The largest absolute Gasteiger partial charge is 0.504 e. The van der Waals surface area contributed by atoms with Gasteiger partial charge in [-0.25, -0.2) is 0 Å². The Bertz CT molecular complexity index is 795.